The van der Waals surface area contributed by atoms with Crippen molar-refractivity contribution in [1.29, 1.82) is 0 Å². The number of methoxy groups -OCH3 is 1. The molecule has 1 unspecified atom stereocenters. The second kappa shape index (κ2) is 10.9. The van der Waals surface area contributed by atoms with Gasteiger partial charge in [0.15, 0.2) is 11.5 Å². The molecule has 0 bridgehead atoms. The van der Waals surface area contributed by atoms with Crippen molar-refractivity contribution in [1.82, 2.24) is 10.3 Å². The Morgan fingerprint density at radius 1 is 1.23 bits per heavy atom. The Hall–Kier alpha value is -3.43. The monoisotopic (exact) mass is 505 g/mol. The molecule has 10 heteroatoms. The molecule has 3 rings (SSSR count). The number of pyridine rings is 1. The molecule has 0 aliphatic rings. The third-order valence-electron chi connectivity index (χ3n) is 5.36. The Morgan fingerprint density at radius 3 is 2.63 bits per heavy atom. The van der Waals surface area contributed by atoms with Crippen LogP contribution in [-0.4, -0.2) is 42.9 Å². The lowest BCUT2D eigenvalue weighted by Crippen LogP contribution is -2.39. The molecule has 3 aromatic rings. The molecule has 0 saturated carbocycles. The number of anilines is 1. The van der Waals surface area contributed by atoms with Gasteiger partial charge >= 0.3 is 0 Å². The number of nitrogens with zero attached hydrogens (tertiary/aromatic N) is 1. The minimum absolute atomic E-state index is 0.0812. The topological polar surface area (TPSA) is 107 Å². The molecule has 1 amide bonds. The summed E-state index contributed by atoms with van der Waals surface area (Å²) in [5.41, 5.74) is 6.96. The number of nitrogens with one attached hydrogen (secondary N) is 1. The lowest BCUT2D eigenvalue weighted by molar-refractivity contribution is 0.0490. The number of nitrogens with two attached hydrogens (primary N) is 1. The molecule has 1 aromatic heterocycles. The van der Waals surface area contributed by atoms with Crippen LogP contribution in [0, 0.1) is 12.7 Å². The molecule has 0 radical (unpaired) electrons. The van der Waals surface area contributed by atoms with Crippen LogP contribution in [0.1, 0.15) is 28.5 Å². The van der Waals surface area contributed by atoms with Crippen LogP contribution in [0.5, 0.6) is 11.5 Å². The number of halogens is 3. The van der Waals surface area contributed by atoms with Gasteiger partial charge in [0.1, 0.15) is 24.7 Å². The Balaban J connectivity index is 1.82. The van der Waals surface area contributed by atoms with E-state index in [2.05, 4.69) is 10.3 Å². The van der Waals surface area contributed by atoms with Crippen LogP contribution in [0.25, 0.3) is 11.3 Å². The van der Waals surface area contributed by atoms with Crippen molar-refractivity contribution in [2.75, 3.05) is 32.7 Å². The number of ether oxygens (including phenoxy) is 2. The fraction of sp³-hybridized carbons (Fsp3) is 0.280. The average Bonchev–Trinajstić information content (AvgIpc) is 2.84. The molecule has 1 atom stereocenters. The normalized spacial score (nSPS) is 12.7. The first kappa shape index (κ1) is 26.2. The molecule has 35 heavy (non-hydrogen) atoms. The van der Waals surface area contributed by atoms with Gasteiger partial charge in [-0.15, -0.1) is 0 Å². The van der Waals surface area contributed by atoms with Gasteiger partial charge in [0.2, 0.25) is 0 Å². The quantitative estimate of drug-likeness (QED) is 0.397. The van der Waals surface area contributed by atoms with E-state index in [0.29, 0.717) is 28.3 Å². The Morgan fingerprint density at radius 2 is 1.97 bits per heavy atom. The first-order valence-electron chi connectivity index (χ1n) is 10.7. The number of benzene rings is 2. The Kier molecular flexibility index (Phi) is 8.14. The number of carbonyl (C=O) groups excluding carboxylic acids is 1. The average molecular weight is 506 g/mol. The SMILES string of the molecule is COc1cc(C(=O)NCC(C)(O)c2cc(C)c(N)c(-c3ccc(F)c(Cl)c3)n2)ccc1OCCF. The van der Waals surface area contributed by atoms with Crippen molar-refractivity contribution in [3.63, 3.8) is 0 Å². The molecule has 7 nitrogen and oxygen atoms in total. The van der Waals surface area contributed by atoms with Crippen LogP contribution in [-0.2, 0) is 5.60 Å². The molecule has 4 N–H and O–H groups in total. The molecule has 1 heterocycles. The minimum atomic E-state index is -1.57. The smallest absolute Gasteiger partial charge is 0.251 e. The number of carbonyl (C=O) groups is 1. The molecule has 0 saturated heterocycles. The van der Waals surface area contributed by atoms with Crippen molar-refractivity contribution in [3.05, 3.63) is 70.1 Å². The van der Waals surface area contributed by atoms with Gasteiger partial charge in [-0.25, -0.2) is 13.8 Å². The fourth-order valence-electron chi connectivity index (χ4n) is 3.34. The molecular weight excluding hydrogens is 480 g/mol. The maximum absolute atomic E-state index is 13.6. The maximum atomic E-state index is 13.6. The first-order valence-corrected chi connectivity index (χ1v) is 11.1. The molecule has 0 fully saturated rings. The number of aryl methyl sites for hydroxylation is 1. The molecular formula is C25H26ClF2N3O4. The number of hydrogen-bond acceptors (Lipinski definition) is 6. The number of hydrogen-bond donors (Lipinski definition) is 3. The van der Waals surface area contributed by atoms with Gasteiger partial charge in [0.25, 0.3) is 5.91 Å². The van der Waals surface area contributed by atoms with E-state index in [-0.39, 0.29) is 35.2 Å². The van der Waals surface area contributed by atoms with E-state index in [4.69, 9.17) is 26.8 Å². The zero-order valence-electron chi connectivity index (χ0n) is 19.5. The van der Waals surface area contributed by atoms with E-state index in [1.807, 2.05) is 0 Å². The number of alkyl halides is 1. The highest BCUT2D eigenvalue weighted by molar-refractivity contribution is 6.31. The van der Waals surface area contributed by atoms with Crippen LogP contribution in [0.4, 0.5) is 14.5 Å². The minimum Gasteiger partial charge on any atom is -0.493 e. The number of aliphatic hydroxyl groups is 1. The van der Waals surface area contributed by atoms with Crippen molar-refractivity contribution in [3.8, 4) is 22.8 Å². The zero-order chi connectivity index (χ0) is 25.8. The second-order valence-corrected chi connectivity index (χ2v) is 8.48. The first-order chi connectivity index (χ1) is 16.6. The molecule has 0 aliphatic heterocycles. The summed E-state index contributed by atoms with van der Waals surface area (Å²) >= 11 is 5.91. The second-order valence-electron chi connectivity index (χ2n) is 8.08. The predicted octanol–water partition coefficient (Wildman–Crippen LogP) is 4.43. The maximum Gasteiger partial charge on any atom is 0.251 e. The number of nitrogen functional groups attached to an aromatic ring is 1. The van der Waals surface area contributed by atoms with Gasteiger partial charge in [-0.3, -0.25) is 4.79 Å². The lowest BCUT2D eigenvalue weighted by Gasteiger charge is -2.25. The Labute approximate surface area is 206 Å². The lowest BCUT2D eigenvalue weighted by atomic mass is 9.97. The van der Waals surface area contributed by atoms with Crippen LogP contribution < -0.4 is 20.5 Å². The highest BCUT2D eigenvalue weighted by atomic mass is 35.5. The van der Waals surface area contributed by atoms with E-state index < -0.39 is 24.0 Å². The van der Waals surface area contributed by atoms with Crippen molar-refractivity contribution < 1.29 is 28.2 Å². The van der Waals surface area contributed by atoms with Gasteiger partial charge in [-0.05, 0) is 61.9 Å². The van der Waals surface area contributed by atoms with Crippen LogP contribution in [0.3, 0.4) is 0 Å². The standard InChI is InChI=1S/C25H26ClF2N3O4/c1-14-10-21(31-23(22(14)29)15-4-6-18(28)17(26)11-15)25(2,33)13-30-24(32)16-5-7-19(35-9-8-27)20(12-16)34-3/h4-7,10-12,33H,8-9,13,29H2,1-3H3,(H,30,32). The highest BCUT2D eigenvalue weighted by Crippen LogP contribution is 2.33. The third kappa shape index (κ3) is 5.98. The third-order valence-corrected chi connectivity index (χ3v) is 5.65. The summed E-state index contributed by atoms with van der Waals surface area (Å²) in [6, 6.07) is 10.2. The van der Waals surface area contributed by atoms with Crippen LogP contribution >= 0.6 is 11.6 Å². The van der Waals surface area contributed by atoms with Crippen LogP contribution in [0.2, 0.25) is 5.02 Å². The fourth-order valence-corrected chi connectivity index (χ4v) is 3.52. The predicted molar refractivity (Wildman–Crippen MR) is 130 cm³/mol. The summed E-state index contributed by atoms with van der Waals surface area (Å²) < 4.78 is 36.5. The zero-order valence-corrected chi connectivity index (χ0v) is 20.2. The van der Waals surface area contributed by atoms with Crippen molar-refractivity contribution >= 4 is 23.2 Å². The molecule has 2 aromatic carbocycles. The molecule has 0 spiro atoms. The number of aromatic nitrogens is 1. The van der Waals surface area contributed by atoms with E-state index in [1.165, 1.54) is 50.4 Å². The summed E-state index contributed by atoms with van der Waals surface area (Å²) in [5.74, 6) is -0.464. The van der Waals surface area contributed by atoms with Gasteiger partial charge in [-0.2, -0.15) is 0 Å². The Bertz CT molecular complexity index is 1240. The summed E-state index contributed by atoms with van der Waals surface area (Å²) in [4.78, 5) is 17.2. The number of rotatable bonds is 9. The van der Waals surface area contributed by atoms with Crippen LogP contribution in [0.15, 0.2) is 42.5 Å². The van der Waals surface area contributed by atoms with E-state index in [1.54, 1.807) is 13.0 Å². The summed E-state index contributed by atoms with van der Waals surface area (Å²) in [6.45, 7) is 2.29. The largest absolute Gasteiger partial charge is 0.493 e. The highest BCUT2D eigenvalue weighted by Gasteiger charge is 2.28. The van der Waals surface area contributed by atoms with E-state index in [0.717, 1.165) is 0 Å². The summed E-state index contributed by atoms with van der Waals surface area (Å²) in [6.07, 6.45) is 0. The molecule has 0 aliphatic carbocycles. The number of amides is 1. The van der Waals surface area contributed by atoms with Crippen molar-refractivity contribution in [2.45, 2.75) is 19.4 Å². The summed E-state index contributed by atoms with van der Waals surface area (Å²) in [5, 5.41) is 13.7. The van der Waals surface area contributed by atoms with Gasteiger partial charge < -0.3 is 25.6 Å². The molecule has 186 valence electrons. The van der Waals surface area contributed by atoms with Crippen molar-refractivity contribution in [2.24, 2.45) is 0 Å². The van der Waals surface area contributed by atoms with Gasteiger partial charge in [0, 0.05) is 11.1 Å². The van der Waals surface area contributed by atoms with E-state index >= 15 is 0 Å². The van der Waals surface area contributed by atoms with Gasteiger partial charge in [0.05, 0.1) is 35.8 Å². The summed E-state index contributed by atoms with van der Waals surface area (Å²) in [7, 11) is 1.41. The van der Waals surface area contributed by atoms with E-state index in [9.17, 15) is 18.7 Å². The van der Waals surface area contributed by atoms with Gasteiger partial charge in [-0.1, -0.05) is 11.6 Å².